The molecule has 0 spiro atoms. The molecule has 0 aliphatic rings. The molecule has 0 saturated carbocycles. The fourth-order valence-corrected chi connectivity index (χ4v) is 4.07. The van der Waals surface area contributed by atoms with Gasteiger partial charge in [0.05, 0.1) is 23.5 Å². The lowest BCUT2D eigenvalue weighted by Gasteiger charge is -2.11. The van der Waals surface area contributed by atoms with Crippen LogP contribution in [-0.2, 0) is 13.2 Å². The van der Waals surface area contributed by atoms with Crippen molar-refractivity contribution in [2.75, 3.05) is 0 Å². The van der Waals surface area contributed by atoms with Gasteiger partial charge in [-0.15, -0.1) is 0 Å². The van der Waals surface area contributed by atoms with Crippen LogP contribution in [0.25, 0.3) is 43.8 Å². The van der Waals surface area contributed by atoms with Crippen LogP contribution in [0.3, 0.4) is 0 Å². The van der Waals surface area contributed by atoms with Crippen molar-refractivity contribution >= 4 is 32.6 Å². The second kappa shape index (κ2) is 6.22. The van der Waals surface area contributed by atoms with Crippen LogP contribution in [-0.4, -0.2) is 14.7 Å². The SMILES string of the molecule is CCn1c2ccccc2c2cc(CO)nc(-c3ccc4ccccc4c3)c21. The van der Waals surface area contributed by atoms with E-state index in [-0.39, 0.29) is 6.61 Å². The maximum atomic E-state index is 9.81. The van der Waals surface area contributed by atoms with Crippen LogP contribution >= 0.6 is 0 Å². The number of hydrogen-bond donors (Lipinski definition) is 1. The summed E-state index contributed by atoms with van der Waals surface area (Å²) in [6.07, 6.45) is 0. The molecule has 132 valence electrons. The van der Waals surface area contributed by atoms with Crippen LogP contribution in [0, 0.1) is 0 Å². The first kappa shape index (κ1) is 16.0. The summed E-state index contributed by atoms with van der Waals surface area (Å²) in [5, 5.41) is 14.6. The number of rotatable bonds is 3. The number of benzene rings is 3. The molecule has 0 fully saturated rings. The van der Waals surface area contributed by atoms with Gasteiger partial charge in [-0.05, 0) is 35.9 Å². The van der Waals surface area contributed by atoms with E-state index in [9.17, 15) is 5.11 Å². The lowest BCUT2D eigenvalue weighted by Crippen LogP contribution is -1.99. The van der Waals surface area contributed by atoms with Gasteiger partial charge in [0, 0.05) is 28.4 Å². The van der Waals surface area contributed by atoms with Crippen LogP contribution in [0.4, 0.5) is 0 Å². The molecule has 0 aliphatic carbocycles. The molecule has 0 bridgehead atoms. The molecule has 0 amide bonds. The van der Waals surface area contributed by atoms with Crippen molar-refractivity contribution in [1.29, 1.82) is 0 Å². The highest BCUT2D eigenvalue weighted by Crippen LogP contribution is 2.36. The molecule has 0 saturated heterocycles. The summed E-state index contributed by atoms with van der Waals surface area (Å²) in [5.41, 5.74) is 5.04. The lowest BCUT2D eigenvalue weighted by molar-refractivity contribution is 0.277. The molecular formula is C24H20N2O. The Morgan fingerprint density at radius 1 is 0.852 bits per heavy atom. The third-order valence-electron chi connectivity index (χ3n) is 5.30. The maximum absolute atomic E-state index is 9.81. The van der Waals surface area contributed by atoms with Gasteiger partial charge in [-0.1, -0.05) is 54.6 Å². The molecule has 0 radical (unpaired) electrons. The average molecular weight is 352 g/mol. The van der Waals surface area contributed by atoms with Gasteiger partial charge < -0.3 is 9.67 Å². The first-order valence-electron chi connectivity index (χ1n) is 9.31. The van der Waals surface area contributed by atoms with Crippen molar-refractivity contribution < 1.29 is 5.11 Å². The number of aromatic nitrogens is 2. The number of para-hydroxylation sites is 1. The van der Waals surface area contributed by atoms with Gasteiger partial charge >= 0.3 is 0 Å². The van der Waals surface area contributed by atoms with E-state index in [2.05, 4.69) is 78.2 Å². The van der Waals surface area contributed by atoms with Crippen LogP contribution in [0.15, 0.2) is 72.8 Å². The van der Waals surface area contributed by atoms with Gasteiger partial charge in [-0.2, -0.15) is 0 Å². The van der Waals surface area contributed by atoms with E-state index < -0.39 is 0 Å². The number of pyridine rings is 1. The Bertz CT molecular complexity index is 1300. The molecule has 3 heteroatoms. The lowest BCUT2D eigenvalue weighted by atomic mass is 10.0. The number of aliphatic hydroxyl groups excluding tert-OH is 1. The van der Waals surface area contributed by atoms with Crippen molar-refractivity contribution in [2.45, 2.75) is 20.1 Å². The molecule has 0 aliphatic heterocycles. The van der Waals surface area contributed by atoms with Crippen LogP contribution in [0.1, 0.15) is 12.6 Å². The van der Waals surface area contributed by atoms with Gasteiger partial charge in [0.1, 0.15) is 0 Å². The van der Waals surface area contributed by atoms with Gasteiger partial charge in [0.15, 0.2) is 0 Å². The largest absolute Gasteiger partial charge is 0.390 e. The number of fused-ring (bicyclic) bond motifs is 4. The molecule has 3 aromatic carbocycles. The summed E-state index contributed by atoms with van der Waals surface area (Å²) in [7, 11) is 0. The topological polar surface area (TPSA) is 38.0 Å². The summed E-state index contributed by atoms with van der Waals surface area (Å²) in [6, 6.07) is 25.3. The van der Waals surface area contributed by atoms with Crippen molar-refractivity contribution in [1.82, 2.24) is 9.55 Å². The quantitative estimate of drug-likeness (QED) is 0.464. The van der Waals surface area contributed by atoms with E-state index in [1.807, 2.05) is 6.07 Å². The Hall–Kier alpha value is -3.17. The minimum absolute atomic E-state index is 0.0673. The minimum Gasteiger partial charge on any atom is -0.390 e. The third-order valence-corrected chi connectivity index (χ3v) is 5.30. The average Bonchev–Trinajstić information content (AvgIpc) is 3.06. The molecule has 2 heterocycles. The van der Waals surface area contributed by atoms with Crippen LogP contribution < -0.4 is 0 Å². The van der Waals surface area contributed by atoms with E-state index in [1.165, 1.54) is 21.7 Å². The number of hydrogen-bond acceptors (Lipinski definition) is 2. The Morgan fingerprint density at radius 2 is 1.63 bits per heavy atom. The molecule has 0 atom stereocenters. The zero-order valence-electron chi connectivity index (χ0n) is 15.2. The van der Waals surface area contributed by atoms with Crippen molar-refractivity contribution in [3.05, 3.63) is 78.5 Å². The number of aryl methyl sites for hydroxylation is 1. The van der Waals surface area contributed by atoms with Gasteiger partial charge in [0.25, 0.3) is 0 Å². The Labute approximate surface area is 157 Å². The smallest absolute Gasteiger partial charge is 0.0949 e. The molecular weight excluding hydrogens is 332 g/mol. The van der Waals surface area contributed by atoms with Crippen LogP contribution in [0.5, 0.6) is 0 Å². The second-order valence-electron chi connectivity index (χ2n) is 6.84. The van der Waals surface area contributed by atoms with E-state index in [0.717, 1.165) is 28.7 Å². The summed E-state index contributed by atoms with van der Waals surface area (Å²) >= 11 is 0. The van der Waals surface area contributed by atoms with Gasteiger partial charge in [-0.25, -0.2) is 4.98 Å². The fourth-order valence-electron chi connectivity index (χ4n) is 4.07. The first-order valence-corrected chi connectivity index (χ1v) is 9.31. The zero-order valence-corrected chi connectivity index (χ0v) is 15.2. The van der Waals surface area contributed by atoms with E-state index in [4.69, 9.17) is 4.98 Å². The monoisotopic (exact) mass is 352 g/mol. The number of nitrogens with zero attached hydrogens (tertiary/aromatic N) is 2. The maximum Gasteiger partial charge on any atom is 0.0949 e. The highest BCUT2D eigenvalue weighted by Gasteiger charge is 2.17. The van der Waals surface area contributed by atoms with Crippen molar-refractivity contribution in [3.63, 3.8) is 0 Å². The second-order valence-corrected chi connectivity index (χ2v) is 6.84. The summed E-state index contributed by atoms with van der Waals surface area (Å²) < 4.78 is 2.32. The fraction of sp³-hybridized carbons (Fsp3) is 0.125. The summed E-state index contributed by atoms with van der Waals surface area (Å²) in [5.74, 6) is 0. The third kappa shape index (κ3) is 2.43. The van der Waals surface area contributed by atoms with Crippen molar-refractivity contribution in [2.24, 2.45) is 0 Å². The standard InChI is InChI=1S/C24H20N2O/c1-2-26-22-10-6-5-9-20(22)21-14-19(15-27)25-23(24(21)26)18-12-11-16-7-3-4-8-17(16)13-18/h3-14,27H,2,15H2,1H3. The summed E-state index contributed by atoms with van der Waals surface area (Å²) in [4.78, 5) is 4.83. The van der Waals surface area contributed by atoms with E-state index in [0.29, 0.717) is 5.69 Å². The molecule has 0 unspecified atom stereocenters. The highest BCUT2D eigenvalue weighted by molar-refractivity contribution is 6.12. The predicted molar refractivity (Wildman–Crippen MR) is 112 cm³/mol. The van der Waals surface area contributed by atoms with E-state index >= 15 is 0 Å². The van der Waals surface area contributed by atoms with Gasteiger partial charge in [0.2, 0.25) is 0 Å². The minimum atomic E-state index is -0.0673. The van der Waals surface area contributed by atoms with Gasteiger partial charge in [-0.3, -0.25) is 0 Å². The molecule has 1 N–H and O–H groups in total. The molecule has 5 rings (SSSR count). The number of aliphatic hydroxyl groups is 1. The first-order chi connectivity index (χ1) is 13.3. The Kier molecular flexibility index (Phi) is 3.69. The predicted octanol–water partition coefficient (Wildman–Crippen LogP) is 5.52. The van der Waals surface area contributed by atoms with Crippen LogP contribution in [0.2, 0.25) is 0 Å². The van der Waals surface area contributed by atoms with Crippen molar-refractivity contribution in [3.8, 4) is 11.3 Å². The zero-order chi connectivity index (χ0) is 18.4. The molecule has 27 heavy (non-hydrogen) atoms. The molecule has 2 aromatic heterocycles. The Morgan fingerprint density at radius 3 is 2.44 bits per heavy atom. The summed E-state index contributed by atoms with van der Waals surface area (Å²) in [6.45, 7) is 2.96. The molecule has 3 nitrogen and oxygen atoms in total. The molecule has 5 aromatic rings. The Balaban J connectivity index is 1.92. The normalized spacial score (nSPS) is 11.6. The van der Waals surface area contributed by atoms with E-state index in [1.54, 1.807) is 0 Å². The highest BCUT2D eigenvalue weighted by atomic mass is 16.3.